The fourth-order valence-electron chi connectivity index (χ4n) is 5.11. The lowest BCUT2D eigenvalue weighted by atomic mass is 9.77. The SMILES string of the molecule is Cc1ccc2c(c1)-c1nc3ccccn3c1C1(O2)c2ccc(N)cc2Oc2ccc(N)cc21. The zero-order valence-corrected chi connectivity index (χ0v) is 17.9. The predicted molar refractivity (Wildman–Crippen MR) is 128 cm³/mol. The maximum Gasteiger partial charge on any atom is 0.209 e. The van der Waals surface area contributed by atoms with Gasteiger partial charge >= 0.3 is 0 Å². The summed E-state index contributed by atoms with van der Waals surface area (Å²) in [4.78, 5) is 5.06. The third-order valence-electron chi connectivity index (χ3n) is 6.50. The van der Waals surface area contributed by atoms with Gasteiger partial charge in [-0.25, -0.2) is 4.98 Å². The Morgan fingerprint density at radius 2 is 1.64 bits per heavy atom. The van der Waals surface area contributed by atoms with E-state index >= 15 is 0 Å². The highest BCUT2D eigenvalue weighted by molar-refractivity contribution is 5.81. The number of nitrogens with zero attached hydrogens (tertiary/aromatic N) is 2. The average molecular weight is 432 g/mol. The van der Waals surface area contributed by atoms with E-state index in [0.717, 1.165) is 45.0 Å². The Morgan fingerprint density at radius 1 is 0.818 bits per heavy atom. The lowest BCUT2D eigenvalue weighted by Crippen LogP contribution is -2.42. The molecule has 7 rings (SSSR count). The van der Waals surface area contributed by atoms with E-state index < -0.39 is 5.60 Å². The first-order chi connectivity index (χ1) is 16.0. The number of aryl methyl sites for hydroxylation is 1. The van der Waals surface area contributed by atoms with Crippen molar-refractivity contribution < 1.29 is 9.47 Å². The van der Waals surface area contributed by atoms with Crippen molar-refractivity contribution in [1.29, 1.82) is 0 Å². The molecule has 33 heavy (non-hydrogen) atoms. The van der Waals surface area contributed by atoms with Gasteiger partial charge in [-0.15, -0.1) is 0 Å². The molecule has 0 saturated heterocycles. The molecular formula is C27H20N4O2. The van der Waals surface area contributed by atoms with E-state index in [-0.39, 0.29) is 0 Å². The van der Waals surface area contributed by atoms with Gasteiger partial charge in [-0.3, -0.25) is 4.40 Å². The highest BCUT2D eigenvalue weighted by Gasteiger charge is 2.53. The van der Waals surface area contributed by atoms with Crippen molar-refractivity contribution in [1.82, 2.24) is 9.38 Å². The molecule has 0 radical (unpaired) electrons. The van der Waals surface area contributed by atoms with E-state index in [2.05, 4.69) is 23.5 Å². The van der Waals surface area contributed by atoms with Crippen LogP contribution < -0.4 is 20.9 Å². The molecule has 4 heterocycles. The molecule has 2 aliphatic rings. The predicted octanol–water partition coefficient (Wildman–Crippen LogP) is 5.26. The summed E-state index contributed by atoms with van der Waals surface area (Å²) in [6.07, 6.45) is 2.02. The summed E-state index contributed by atoms with van der Waals surface area (Å²) in [7, 11) is 0. The number of hydrogen-bond donors (Lipinski definition) is 2. The van der Waals surface area contributed by atoms with Crippen LogP contribution in [0.15, 0.2) is 79.0 Å². The van der Waals surface area contributed by atoms with E-state index in [4.69, 9.17) is 25.9 Å². The monoisotopic (exact) mass is 432 g/mol. The Bertz CT molecular complexity index is 1620. The summed E-state index contributed by atoms with van der Waals surface area (Å²) in [5, 5.41) is 0. The summed E-state index contributed by atoms with van der Waals surface area (Å²) in [5.74, 6) is 2.09. The number of benzene rings is 3. The first-order valence-electron chi connectivity index (χ1n) is 10.8. The molecule has 3 aromatic carbocycles. The molecular weight excluding hydrogens is 412 g/mol. The molecule has 1 unspecified atom stereocenters. The van der Waals surface area contributed by atoms with Crippen LogP contribution in [0.4, 0.5) is 11.4 Å². The number of anilines is 2. The third-order valence-corrected chi connectivity index (χ3v) is 6.50. The van der Waals surface area contributed by atoms with Gasteiger partial charge in [-0.05, 0) is 61.5 Å². The molecule has 1 spiro atoms. The molecule has 0 aliphatic carbocycles. The Balaban J connectivity index is 1.70. The topological polar surface area (TPSA) is 87.8 Å². The first kappa shape index (κ1) is 18.2. The van der Waals surface area contributed by atoms with Gasteiger partial charge in [0.05, 0.1) is 5.56 Å². The fraction of sp³-hybridized carbons (Fsp3) is 0.0741. The van der Waals surface area contributed by atoms with Crippen molar-refractivity contribution in [2.45, 2.75) is 12.5 Å². The van der Waals surface area contributed by atoms with E-state index in [1.54, 1.807) is 0 Å². The standard InChI is InChI=1S/C27H20N4O2/c1-15-5-9-21-18(12-15)25-26(31-11-3-2-4-24(31)30-25)27(33-21)19-8-6-17(29)14-23(19)32-22-10-7-16(28)13-20(22)27/h2-14H,28-29H2,1H3. The summed E-state index contributed by atoms with van der Waals surface area (Å²) in [6.45, 7) is 2.07. The van der Waals surface area contributed by atoms with Crippen molar-refractivity contribution in [3.8, 4) is 28.5 Å². The van der Waals surface area contributed by atoms with Crippen LogP contribution >= 0.6 is 0 Å². The van der Waals surface area contributed by atoms with E-state index in [9.17, 15) is 0 Å². The van der Waals surface area contributed by atoms with Crippen LogP contribution in [0.25, 0.3) is 16.9 Å². The number of nitrogens with two attached hydrogens (primary N) is 2. The Labute approximate surface area is 190 Å². The zero-order chi connectivity index (χ0) is 22.3. The minimum Gasteiger partial charge on any atom is -0.470 e. The third kappa shape index (κ3) is 2.29. The second kappa shape index (κ2) is 6.07. The van der Waals surface area contributed by atoms with Crippen LogP contribution in [0, 0.1) is 6.92 Å². The van der Waals surface area contributed by atoms with Gasteiger partial charge in [0.25, 0.3) is 0 Å². The van der Waals surface area contributed by atoms with Crippen LogP contribution in [0.5, 0.6) is 17.2 Å². The smallest absolute Gasteiger partial charge is 0.209 e. The number of ether oxygens (including phenoxy) is 2. The Kier molecular flexibility index (Phi) is 3.34. The van der Waals surface area contributed by atoms with Gasteiger partial charge in [0.1, 0.15) is 34.3 Å². The van der Waals surface area contributed by atoms with Gasteiger partial charge in [-0.1, -0.05) is 17.7 Å². The summed E-state index contributed by atoms with van der Waals surface area (Å²) in [5.41, 5.74) is 19.1. The zero-order valence-electron chi connectivity index (χ0n) is 17.9. The van der Waals surface area contributed by atoms with Crippen molar-refractivity contribution >= 4 is 17.0 Å². The number of rotatable bonds is 0. The van der Waals surface area contributed by atoms with Crippen molar-refractivity contribution in [3.63, 3.8) is 0 Å². The summed E-state index contributed by atoms with van der Waals surface area (Å²) in [6, 6.07) is 23.5. The van der Waals surface area contributed by atoms with Crippen LogP contribution in [0.1, 0.15) is 22.4 Å². The van der Waals surface area contributed by atoms with E-state index in [1.165, 1.54) is 0 Å². The molecule has 0 amide bonds. The van der Waals surface area contributed by atoms with Crippen molar-refractivity contribution in [2.24, 2.45) is 0 Å². The lowest BCUT2D eigenvalue weighted by molar-refractivity contribution is 0.132. The number of fused-ring (bicyclic) bond motifs is 10. The first-order valence-corrected chi connectivity index (χ1v) is 10.8. The Morgan fingerprint density at radius 3 is 2.55 bits per heavy atom. The van der Waals surface area contributed by atoms with E-state index in [0.29, 0.717) is 22.9 Å². The molecule has 160 valence electrons. The molecule has 1 atom stereocenters. The molecule has 6 nitrogen and oxygen atoms in total. The molecule has 2 aromatic heterocycles. The van der Waals surface area contributed by atoms with E-state index in [1.807, 2.05) is 66.9 Å². The number of hydrogen-bond acceptors (Lipinski definition) is 5. The fourth-order valence-corrected chi connectivity index (χ4v) is 5.11. The summed E-state index contributed by atoms with van der Waals surface area (Å²) < 4.78 is 15.4. The van der Waals surface area contributed by atoms with Crippen LogP contribution in [0.2, 0.25) is 0 Å². The van der Waals surface area contributed by atoms with Gasteiger partial charge in [0, 0.05) is 34.8 Å². The van der Waals surface area contributed by atoms with Crippen LogP contribution in [-0.2, 0) is 5.60 Å². The highest BCUT2D eigenvalue weighted by atomic mass is 16.5. The van der Waals surface area contributed by atoms with Gasteiger partial charge in [0.2, 0.25) is 5.60 Å². The molecule has 4 N–H and O–H groups in total. The number of aromatic nitrogens is 2. The second-order valence-corrected chi connectivity index (χ2v) is 8.63. The van der Waals surface area contributed by atoms with Crippen LogP contribution in [0.3, 0.4) is 0 Å². The lowest BCUT2D eigenvalue weighted by Gasteiger charge is -2.43. The number of nitrogen functional groups attached to an aromatic ring is 2. The number of imidazole rings is 1. The van der Waals surface area contributed by atoms with Gasteiger partial charge < -0.3 is 20.9 Å². The maximum absolute atomic E-state index is 7.02. The van der Waals surface area contributed by atoms with Crippen molar-refractivity contribution in [2.75, 3.05) is 11.5 Å². The molecule has 5 aromatic rings. The molecule has 0 saturated carbocycles. The van der Waals surface area contributed by atoms with Gasteiger partial charge in [-0.2, -0.15) is 0 Å². The Hall–Kier alpha value is -4.45. The summed E-state index contributed by atoms with van der Waals surface area (Å²) >= 11 is 0. The molecule has 0 fully saturated rings. The minimum atomic E-state index is -1.02. The van der Waals surface area contributed by atoms with Crippen molar-refractivity contribution in [3.05, 3.63) is 101 Å². The molecule has 0 bridgehead atoms. The minimum absolute atomic E-state index is 0.619. The largest absolute Gasteiger partial charge is 0.470 e. The average Bonchev–Trinajstić information content (AvgIpc) is 3.21. The number of pyridine rings is 1. The normalized spacial score (nSPS) is 17.5. The highest BCUT2D eigenvalue weighted by Crippen LogP contribution is 2.58. The van der Waals surface area contributed by atoms with Crippen LogP contribution in [-0.4, -0.2) is 9.38 Å². The maximum atomic E-state index is 7.02. The molecule has 2 aliphatic heterocycles. The molecule has 6 heteroatoms. The second-order valence-electron chi connectivity index (χ2n) is 8.63. The quantitative estimate of drug-likeness (QED) is 0.326. The van der Waals surface area contributed by atoms with Gasteiger partial charge in [0.15, 0.2) is 0 Å².